The van der Waals surface area contributed by atoms with Crippen molar-refractivity contribution in [2.24, 2.45) is 0 Å². The van der Waals surface area contributed by atoms with E-state index in [1.165, 1.54) is 12.1 Å². The summed E-state index contributed by atoms with van der Waals surface area (Å²) >= 11 is 0. The number of nitrogens with one attached hydrogen (secondary N) is 1. The molecule has 1 saturated carbocycles. The van der Waals surface area contributed by atoms with Crippen LogP contribution in [-0.2, 0) is 0 Å². The number of rotatable bonds is 4. The highest BCUT2D eigenvalue weighted by molar-refractivity contribution is 6.01. The number of anilines is 1. The highest BCUT2D eigenvalue weighted by Crippen LogP contribution is 2.38. The summed E-state index contributed by atoms with van der Waals surface area (Å²) in [4.78, 5) is 14.6. The van der Waals surface area contributed by atoms with Gasteiger partial charge < -0.3 is 10.2 Å². The van der Waals surface area contributed by atoms with Gasteiger partial charge in [-0.05, 0) is 56.0 Å². The lowest BCUT2D eigenvalue weighted by Crippen LogP contribution is -2.25. The van der Waals surface area contributed by atoms with E-state index in [1.807, 2.05) is 12.1 Å². The molecular weight excluding hydrogens is 362 g/mol. The van der Waals surface area contributed by atoms with Crippen molar-refractivity contribution in [1.29, 1.82) is 0 Å². The van der Waals surface area contributed by atoms with Crippen molar-refractivity contribution >= 4 is 17.1 Å². The lowest BCUT2D eigenvalue weighted by atomic mass is 10.0. The number of nitrogens with zero attached hydrogens (tertiary/aromatic N) is 3. The van der Waals surface area contributed by atoms with Crippen molar-refractivity contribution < 1.29 is 13.6 Å². The minimum Gasteiger partial charge on any atom is -0.364 e. The third-order valence-corrected chi connectivity index (χ3v) is 5.56. The van der Waals surface area contributed by atoms with Crippen LogP contribution in [0.1, 0.15) is 47.6 Å². The molecule has 1 saturated heterocycles. The van der Waals surface area contributed by atoms with Crippen LogP contribution >= 0.6 is 0 Å². The molecule has 2 aromatic heterocycles. The van der Waals surface area contributed by atoms with Gasteiger partial charge >= 0.3 is 0 Å². The van der Waals surface area contributed by atoms with Gasteiger partial charge in [0.2, 0.25) is 0 Å². The minimum atomic E-state index is -0.437. The summed E-state index contributed by atoms with van der Waals surface area (Å²) in [5, 5.41) is 7.25. The van der Waals surface area contributed by atoms with E-state index in [4.69, 9.17) is 0 Å². The Bertz CT molecular complexity index is 1060. The van der Waals surface area contributed by atoms with E-state index in [-0.39, 0.29) is 18.0 Å². The molecule has 1 N–H and O–H groups in total. The van der Waals surface area contributed by atoms with Gasteiger partial charge in [0, 0.05) is 30.0 Å². The van der Waals surface area contributed by atoms with Crippen LogP contribution in [0.5, 0.6) is 0 Å². The van der Waals surface area contributed by atoms with Gasteiger partial charge in [0.1, 0.15) is 11.6 Å². The highest BCUT2D eigenvalue weighted by Gasteiger charge is 2.30. The average Bonchev–Trinajstić information content (AvgIpc) is 3.20. The van der Waals surface area contributed by atoms with E-state index in [0.29, 0.717) is 16.6 Å². The van der Waals surface area contributed by atoms with Gasteiger partial charge in [-0.15, -0.1) is 0 Å². The molecule has 7 heteroatoms. The minimum absolute atomic E-state index is 0.121. The molecule has 144 valence electrons. The Morgan fingerprint density at radius 1 is 1.14 bits per heavy atom. The van der Waals surface area contributed by atoms with Crippen molar-refractivity contribution in [2.75, 3.05) is 11.4 Å². The summed E-state index contributed by atoms with van der Waals surface area (Å²) in [6, 6.07) is 7.45. The predicted molar refractivity (Wildman–Crippen MR) is 101 cm³/mol. The molecule has 0 spiro atoms. The van der Waals surface area contributed by atoms with Crippen LogP contribution < -0.4 is 10.2 Å². The maximum atomic E-state index is 14.4. The number of fused-ring (bicyclic) bond motifs is 1. The van der Waals surface area contributed by atoms with Gasteiger partial charge in [-0.3, -0.25) is 4.79 Å². The standard InChI is InChI=1S/C21H20F2N4O/c22-13-3-6-18(23)16(10-13)19-2-1-8-26(19)15-7-9-27-20(11-15)17(12-24-27)21(28)25-14-4-5-14/h3,6-7,9-12,14,19H,1-2,4-5,8H2,(H,25,28)/t19-/m1/s1. The van der Waals surface area contributed by atoms with E-state index in [0.717, 1.165) is 44.0 Å². The molecule has 1 aliphatic heterocycles. The maximum Gasteiger partial charge on any atom is 0.255 e. The van der Waals surface area contributed by atoms with E-state index in [9.17, 15) is 13.6 Å². The number of halogens is 2. The first-order chi connectivity index (χ1) is 13.6. The fourth-order valence-electron chi connectivity index (χ4n) is 3.98. The summed E-state index contributed by atoms with van der Waals surface area (Å²) in [6.07, 6.45) is 7.05. The Hall–Kier alpha value is -2.96. The molecule has 0 radical (unpaired) electrons. The molecule has 1 aromatic carbocycles. The molecule has 1 amide bonds. The molecule has 3 aromatic rings. The molecule has 5 nitrogen and oxygen atoms in total. The highest BCUT2D eigenvalue weighted by atomic mass is 19.1. The van der Waals surface area contributed by atoms with E-state index in [1.54, 1.807) is 16.9 Å². The zero-order chi connectivity index (χ0) is 19.3. The average molecular weight is 382 g/mol. The number of pyridine rings is 1. The second kappa shape index (κ2) is 6.58. The van der Waals surface area contributed by atoms with Gasteiger partial charge in [0.05, 0.1) is 23.3 Å². The molecule has 1 atom stereocenters. The van der Waals surface area contributed by atoms with Crippen molar-refractivity contribution in [1.82, 2.24) is 14.9 Å². The topological polar surface area (TPSA) is 49.6 Å². The van der Waals surface area contributed by atoms with Crippen LogP contribution in [0, 0.1) is 11.6 Å². The van der Waals surface area contributed by atoms with Gasteiger partial charge in [-0.2, -0.15) is 5.10 Å². The van der Waals surface area contributed by atoms with Gasteiger partial charge in [-0.25, -0.2) is 13.3 Å². The lowest BCUT2D eigenvalue weighted by molar-refractivity contribution is 0.0952. The monoisotopic (exact) mass is 382 g/mol. The number of amides is 1. The first-order valence-corrected chi connectivity index (χ1v) is 9.60. The largest absolute Gasteiger partial charge is 0.364 e. The number of carbonyl (C=O) groups is 1. The Labute approximate surface area is 161 Å². The number of benzene rings is 1. The molecule has 3 heterocycles. The Kier molecular flexibility index (Phi) is 4.03. The maximum absolute atomic E-state index is 14.4. The Morgan fingerprint density at radius 3 is 2.82 bits per heavy atom. The molecule has 0 unspecified atom stereocenters. The molecular formula is C21H20F2N4O. The Balaban J connectivity index is 1.51. The predicted octanol–water partition coefficient (Wildman–Crippen LogP) is 3.85. The number of aromatic nitrogens is 2. The van der Waals surface area contributed by atoms with Gasteiger partial charge in [-0.1, -0.05) is 0 Å². The molecule has 0 bridgehead atoms. The van der Waals surface area contributed by atoms with Crippen LogP contribution in [0.15, 0.2) is 42.7 Å². The SMILES string of the molecule is O=C(NC1CC1)c1cnn2ccc(N3CCC[C@@H]3c3cc(F)ccc3F)cc12. The van der Waals surface area contributed by atoms with Crippen LogP contribution in [-0.4, -0.2) is 28.1 Å². The molecule has 2 fully saturated rings. The van der Waals surface area contributed by atoms with Gasteiger partial charge in [0.15, 0.2) is 0 Å². The van der Waals surface area contributed by atoms with Crippen molar-refractivity contribution in [3.05, 3.63) is 65.5 Å². The second-order valence-electron chi connectivity index (χ2n) is 7.54. The molecule has 1 aliphatic carbocycles. The van der Waals surface area contributed by atoms with E-state index >= 15 is 0 Å². The van der Waals surface area contributed by atoms with Crippen LogP contribution in [0.2, 0.25) is 0 Å². The first-order valence-electron chi connectivity index (χ1n) is 9.60. The molecule has 2 aliphatic rings. The number of carbonyl (C=O) groups excluding carboxylic acids is 1. The summed E-state index contributed by atoms with van der Waals surface area (Å²) in [5.41, 5.74) is 2.49. The summed E-state index contributed by atoms with van der Waals surface area (Å²) in [5.74, 6) is -0.953. The summed E-state index contributed by atoms with van der Waals surface area (Å²) in [7, 11) is 0. The van der Waals surface area contributed by atoms with Crippen LogP contribution in [0.3, 0.4) is 0 Å². The zero-order valence-corrected chi connectivity index (χ0v) is 15.2. The second-order valence-corrected chi connectivity index (χ2v) is 7.54. The third kappa shape index (κ3) is 3.00. The van der Waals surface area contributed by atoms with Crippen LogP contribution in [0.4, 0.5) is 14.5 Å². The van der Waals surface area contributed by atoms with Crippen LogP contribution in [0.25, 0.3) is 5.52 Å². The zero-order valence-electron chi connectivity index (χ0n) is 15.2. The van der Waals surface area contributed by atoms with E-state index in [2.05, 4.69) is 15.3 Å². The molecule has 5 rings (SSSR count). The third-order valence-electron chi connectivity index (χ3n) is 5.56. The van der Waals surface area contributed by atoms with Gasteiger partial charge in [0.25, 0.3) is 5.91 Å². The fraction of sp³-hybridized carbons (Fsp3) is 0.333. The smallest absolute Gasteiger partial charge is 0.255 e. The van der Waals surface area contributed by atoms with Crippen molar-refractivity contribution in [3.63, 3.8) is 0 Å². The quantitative estimate of drug-likeness (QED) is 0.746. The summed E-state index contributed by atoms with van der Waals surface area (Å²) in [6.45, 7) is 0.745. The Morgan fingerprint density at radius 2 is 2.00 bits per heavy atom. The molecule has 28 heavy (non-hydrogen) atoms. The van der Waals surface area contributed by atoms with Crippen molar-refractivity contribution in [2.45, 2.75) is 37.8 Å². The lowest BCUT2D eigenvalue weighted by Gasteiger charge is -2.27. The van der Waals surface area contributed by atoms with Crippen molar-refractivity contribution in [3.8, 4) is 0 Å². The fourth-order valence-corrected chi connectivity index (χ4v) is 3.98. The summed E-state index contributed by atoms with van der Waals surface area (Å²) < 4.78 is 29.7. The number of hydrogen-bond acceptors (Lipinski definition) is 3. The van der Waals surface area contributed by atoms with E-state index < -0.39 is 11.6 Å². The first kappa shape index (κ1) is 17.2. The normalized spacial score (nSPS) is 19.4. The number of hydrogen-bond donors (Lipinski definition) is 1.